The van der Waals surface area contributed by atoms with Crippen molar-refractivity contribution in [1.29, 1.82) is 0 Å². The van der Waals surface area contributed by atoms with Crippen LogP contribution in [0.4, 0.5) is 0 Å². The average Bonchev–Trinajstić information content (AvgIpc) is 3.42. The van der Waals surface area contributed by atoms with Crippen molar-refractivity contribution >= 4 is 46.8 Å². The molecule has 44 heavy (non-hydrogen) atoms. The van der Waals surface area contributed by atoms with E-state index in [0.717, 1.165) is 46.6 Å². The predicted molar refractivity (Wildman–Crippen MR) is 175 cm³/mol. The van der Waals surface area contributed by atoms with E-state index in [1.165, 1.54) is 0 Å². The first-order valence-corrected chi connectivity index (χ1v) is 16.4. The van der Waals surface area contributed by atoms with Crippen LogP contribution < -0.4 is 4.74 Å². The second-order valence-corrected chi connectivity index (χ2v) is 12.6. The van der Waals surface area contributed by atoms with Crippen molar-refractivity contribution in [3.05, 3.63) is 99.8 Å². The van der Waals surface area contributed by atoms with E-state index in [4.69, 9.17) is 27.9 Å². The van der Waals surface area contributed by atoms with Crippen LogP contribution in [0.2, 0.25) is 10.0 Å². The number of hydrogen-bond acceptors (Lipinski definition) is 6. The average molecular weight is 653 g/mol. The lowest BCUT2D eigenvalue weighted by Crippen LogP contribution is -2.55. The summed E-state index contributed by atoms with van der Waals surface area (Å²) < 4.78 is 7.44. The largest absolute Gasteiger partial charge is 0.497 e. The molecule has 1 aromatic heterocycles. The molecule has 1 fully saturated rings. The van der Waals surface area contributed by atoms with Gasteiger partial charge in [0.05, 0.1) is 17.7 Å². The first-order valence-electron chi connectivity index (χ1n) is 14.6. The van der Waals surface area contributed by atoms with Gasteiger partial charge in [-0.2, -0.15) is 0 Å². The number of amides is 2. The first kappa shape index (κ1) is 31.9. The van der Waals surface area contributed by atoms with E-state index in [1.807, 2.05) is 54.3 Å². The Balaban J connectivity index is 1.13. The number of halogens is 2. The normalized spacial score (nSPS) is 15.0. The Bertz CT molecular complexity index is 1580. The molecule has 5 rings (SSSR count). The number of benzene rings is 3. The maximum atomic E-state index is 13.1. The summed E-state index contributed by atoms with van der Waals surface area (Å²) in [6, 6.07) is 22.9. The molecular weight excluding hydrogens is 617 g/mol. The Hall–Kier alpha value is -3.53. The van der Waals surface area contributed by atoms with Gasteiger partial charge in [0.2, 0.25) is 5.91 Å². The Morgan fingerprint density at radius 1 is 0.977 bits per heavy atom. The minimum atomic E-state index is -0.141. The lowest BCUT2D eigenvalue weighted by molar-refractivity contribution is -0.133. The quantitative estimate of drug-likeness (QED) is 0.131. The van der Waals surface area contributed by atoms with Crippen LogP contribution in [-0.2, 0) is 11.2 Å². The number of ether oxygens (including phenoxy) is 1. The van der Waals surface area contributed by atoms with Crippen LogP contribution in [0.15, 0.2) is 78.0 Å². The van der Waals surface area contributed by atoms with E-state index < -0.39 is 0 Å². The van der Waals surface area contributed by atoms with E-state index in [9.17, 15) is 9.59 Å². The zero-order chi connectivity index (χ0) is 31.1. The van der Waals surface area contributed by atoms with Crippen LogP contribution in [0.25, 0.3) is 5.69 Å². The summed E-state index contributed by atoms with van der Waals surface area (Å²) in [6.45, 7) is 3.43. The van der Waals surface area contributed by atoms with Crippen LogP contribution in [-0.4, -0.2) is 74.9 Å². The molecule has 1 unspecified atom stereocenters. The second-order valence-electron chi connectivity index (χ2n) is 10.7. The molecule has 4 aromatic rings. The fourth-order valence-corrected chi connectivity index (χ4v) is 6.74. The fraction of sp³-hybridized carbons (Fsp3) is 0.333. The number of hydrogen-bond donors (Lipinski definition) is 0. The van der Waals surface area contributed by atoms with Crippen molar-refractivity contribution in [3.8, 4) is 11.4 Å². The third-order valence-electron chi connectivity index (χ3n) is 7.65. The molecule has 0 aliphatic carbocycles. The van der Waals surface area contributed by atoms with Crippen molar-refractivity contribution in [2.75, 3.05) is 32.5 Å². The number of piperazine rings is 1. The van der Waals surface area contributed by atoms with Gasteiger partial charge in [0.1, 0.15) is 11.6 Å². The van der Waals surface area contributed by atoms with Crippen LogP contribution in [0.1, 0.15) is 47.9 Å². The molecule has 1 saturated heterocycles. The Labute approximate surface area is 272 Å². The molecular formula is C33H35Cl2N5O3S. The Morgan fingerprint density at radius 3 is 2.45 bits per heavy atom. The van der Waals surface area contributed by atoms with Gasteiger partial charge in [0, 0.05) is 55.0 Å². The summed E-state index contributed by atoms with van der Waals surface area (Å²) in [4.78, 5) is 29.8. The molecule has 2 amide bonds. The van der Waals surface area contributed by atoms with E-state index in [0.29, 0.717) is 48.1 Å². The lowest BCUT2D eigenvalue weighted by atomic mass is 10.1. The monoisotopic (exact) mass is 651 g/mol. The molecule has 230 valence electrons. The van der Waals surface area contributed by atoms with E-state index in [1.54, 1.807) is 42.0 Å². The predicted octanol–water partition coefficient (Wildman–Crippen LogP) is 6.81. The Morgan fingerprint density at radius 2 is 1.75 bits per heavy atom. The molecule has 0 N–H and O–H groups in total. The molecule has 0 radical (unpaired) electrons. The molecule has 8 nitrogen and oxygen atoms in total. The molecule has 11 heteroatoms. The van der Waals surface area contributed by atoms with Gasteiger partial charge >= 0.3 is 0 Å². The van der Waals surface area contributed by atoms with Crippen LogP contribution in [0, 0.1) is 0 Å². The molecule has 2 heterocycles. The lowest BCUT2D eigenvalue weighted by Gasteiger charge is -2.40. The van der Waals surface area contributed by atoms with Crippen molar-refractivity contribution in [3.63, 3.8) is 0 Å². The van der Waals surface area contributed by atoms with Gasteiger partial charge in [-0.05, 0) is 67.8 Å². The summed E-state index contributed by atoms with van der Waals surface area (Å²) in [5.41, 5.74) is 2.57. The molecule has 0 saturated carbocycles. The van der Waals surface area contributed by atoms with Crippen LogP contribution in [0.5, 0.6) is 5.75 Å². The van der Waals surface area contributed by atoms with E-state index in [2.05, 4.69) is 26.9 Å². The fourth-order valence-electron chi connectivity index (χ4n) is 5.28. The van der Waals surface area contributed by atoms with Crippen LogP contribution >= 0.6 is 35.0 Å². The molecule has 1 aliphatic rings. The summed E-state index contributed by atoms with van der Waals surface area (Å²) >= 11 is 13.9. The molecule has 3 aromatic carbocycles. The highest BCUT2D eigenvalue weighted by Crippen LogP contribution is 2.27. The molecule has 1 aliphatic heterocycles. The number of thioether (sulfide) groups is 1. The van der Waals surface area contributed by atoms with Gasteiger partial charge in [0.25, 0.3) is 5.91 Å². The smallest absolute Gasteiger partial charge is 0.255 e. The number of methoxy groups -OCH3 is 1. The number of unbranched alkanes of at least 4 members (excludes halogenated alkanes) is 1. The number of nitrogens with zero attached hydrogens (tertiary/aromatic N) is 5. The Kier molecular flexibility index (Phi) is 10.8. The minimum absolute atomic E-state index is 0.114. The van der Waals surface area contributed by atoms with Crippen molar-refractivity contribution in [2.45, 2.75) is 43.8 Å². The van der Waals surface area contributed by atoms with Gasteiger partial charge < -0.3 is 14.5 Å². The summed E-state index contributed by atoms with van der Waals surface area (Å²) in [5, 5.41) is 10.7. The summed E-state index contributed by atoms with van der Waals surface area (Å²) in [5.74, 6) is 2.44. The number of carbonyl (C=O) groups excluding carboxylic acids is 2. The van der Waals surface area contributed by atoms with Gasteiger partial charge in [-0.1, -0.05) is 65.3 Å². The minimum Gasteiger partial charge on any atom is -0.497 e. The number of aromatic nitrogens is 3. The molecule has 0 spiro atoms. The maximum absolute atomic E-state index is 13.1. The van der Waals surface area contributed by atoms with Gasteiger partial charge in [0.15, 0.2) is 5.16 Å². The van der Waals surface area contributed by atoms with Gasteiger partial charge in [-0.15, -0.1) is 10.2 Å². The molecule has 0 bridgehead atoms. The molecule has 1 atom stereocenters. The number of carbonyl (C=O) groups is 2. The standard InChI is InChI=1S/C33H35Cl2N5O3S/c1-23-22-38(17-18-39(23)32(42)28-16-11-25(34)21-29(28)35)31(41)10-6-7-19-44-33-37-36-30(20-24-8-4-3-5-9-24)40(33)26-12-14-27(43-2)15-13-26/h3-5,8-9,11-16,21,23H,6-7,10,17-20,22H2,1-2H3. The van der Waals surface area contributed by atoms with E-state index >= 15 is 0 Å². The van der Waals surface area contributed by atoms with Crippen LogP contribution in [0.3, 0.4) is 0 Å². The van der Waals surface area contributed by atoms with Crippen molar-refractivity contribution in [2.24, 2.45) is 0 Å². The zero-order valence-electron chi connectivity index (χ0n) is 24.8. The van der Waals surface area contributed by atoms with Crippen molar-refractivity contribution in [1.82, 2.24) is 24.6 Å². The second kappa shape index (κ2) is 15.0. The van der Waals surface area contributed by atoms with Gasteiger partial charge in [-0.3, -0.25) is 14.2 Å². The SMILES string of the molecule is COc1ccc(-n2c(Cc3ccccc3)nnc2SCCCCC(=O)N2CCN(C(=O)c3ccc(Cl)cc3Cl)C(C)C2)cc1. The zero-order valence-corrected chi connectivity index (χ0v) is 27.1. The summed E-state index contributed by atoms with van der Waals surface area (Å²) in [7, 11) is 1.65. The number of rotatable bonds is 11. The third-order valence-corrected chi connectivity index (χ3v) is 9.22. The first-order chi connectivity index (χ1) is 21.3. The highest BCUT2D eigenvalue weighted by atomic mass is 35.5. The highest BCUT2D eigenvalue weighted by molar-refractivity contribution is 7.99. The third kappa shape index (κ3) is 7.75. The highest BCUT2D eigenvalue weighted by Gasteiger charge is 2.31. The van der Waals surface area contributed by atoms with E-state index in [-0.39, 0.29) is 17.9 Å². The van der Waals surface area contributed by atoms with Gasteiger partial charge in [-0.25, -0.2) is 0 Å². The summed E-state index contributed by atoms with van der Waals surface area (Å²) in [6.07, 6.45) is 2.77. The van der Waals surface area contributed by atoms with Crippen molar-refractivity contribution < 1.29 is 14.3 Å². The maximum Gasteiger partial charge on any atom is 0.255 e. The topological polar surface area (TPSA) is 80.6 Å².